The van der Waals surface area contributed by atoms with Gasteiger partial charge < -0.3 is 10.2 Å². The first-order valence-electron chi connectivity index (χ1n) is 6.84. The van der Waals surface area contributed by atoms with Crippen molar-refractivity contribution in [1.82, 2.24) is 10.2 Å². The van der Waals surface area contributed by atoms with Crippen molar-refractivity contribution in [2.75, 3.05) is 13.1 Å². The molecule has 0 spiro atoms. The zero-order chi connectivity index (χ0) is 12.8. The lowest BCUT2D eigenvalue weighted by molar-refractivity contribution is -0.132. The van der Waals surface area contributed by atoms with Gasteiger partial charge in [-0.2, -0.15) is 0 Å². The lowest BCUT2D eigenvalue weighted by Crippen LogP contribution is -2.35. The normalized spacial score (nSPS) is 18.8. The molecule has 0 saturated carbocycles. The van der Waals surface area contributed by atoms with Gasteiger partial charge in [-0.25, -0.2) is 0 Å². The number of nitrogens with zero attached hydrogens (tertiary/aromatic N) is 1. The topological polar surface area (TPSA) is 32.3 Å². The molecule has 0 bridgehead atoms. The summed E-state index contributed by atoms with van der Waals surface area (Å²) in [6.45, 7) is 4.61. The summed E-state index contributed by atoms with van der Waals surface area (Å²) in [6, 6.07) is 10.6. The Labute approximate surface area is 109 Å². The smallest absolute Gasteiger partial charge is 0.224 e. The van der Waals surface area contributed by atoms with Crippen LogP contribution in [0.2, 0.25) is 0 Å². The van der Waals surface area contributed by atoms with Crippen molar-refractivity contribution in [3.05, 3.63) is 35.9 Å². The van der Waals surface area contributed by atoms with Crippen molar-refractivity contribution in [3.8, 4) is 0 Å². The Morgan fingerprint density at radius 3 is 2.78 bits per heavy atom. The Morgan fingerprint density at radius 2 is 2.17 bits per heavy atom. The maximum absolute atomic E-state index is 12.2. The number of nitrogens with one attached hydrogen (secondary N) is 1. The van der Waals surface area contributed by atoms with E-state index >= 15 is 0 Å². The first-order chi connectivity index (χ1) is 8.79. The number of benzene rings is 1. The molecule has 1 atom stereocenters. The highest BCUT2D eigenvalue weighted by molar-refractivity contribution is 5.76. The van der Waals surface area contributed by atoms with Crippen LogP contribution in [0.3, 0.4) is 0 Å². The average molecular weight is 246 g/mol. The molecule has 98 valence electrons. The molecule has 1 saturated heterocycles. The van der Waals surface area contributed by atoms with Crippen molar-refractivity contribution in [2.24, 2.45) is 0 Å². The Morgan fingerprint density at radius 1 is 1.39 bits per heavy atom. The lowest BCUT2D eigenvalue weighted by Gasteiger charge is -2.22. The van der Waals surface area contributed by atoms with Gasteiger partial charge in [-0.15, -0.1) is 0 Å². The minimum Gasteiger partial charge on any atom is -0.339 e. The SMILES string of the molecule is CCN(Cc1ccccc1)C(=O)CC1CCCN1. The number of amides is 1. The van der Waals surface area contributed by atoms with Gasteiger partial charge >= 0.3 is 0 Å². The van der Waals surface area contributed by atoms with Crippen molar-refractivity contribution >= 4 is 5.91 Å². The molecule has 3 nitrogen and oxygen atoms in total. The zero-order valence-electron chi connectivity index (χ0n) is 11.1. The van der Waals surface area contributed by atoms with Crippen LogP contribution in [0.25, 0.3) is 0 Å². The molecule has 1 unspecified atom stereocenters. The third kappa shape index (κ3) is 3.57. The van der Waals surface area contributed by atoms with Gasteiger partial charge in [0.1, 0.15) is 0 Å². The van der Waals surface area contributed by atoms with E-state index in [2.05, 4.69) is 17.4 Å². The Balaban J connectivity index is 1.89. The predicted molar refractivity (Wildman–Crippen MR) is 73.2 cm³/mol. The number of carbonyl (C=O) groups is 1. The molecular weight excluding hydrogens is 224 g/mol. The monoisotopic (exact) mass is 246 g/mol. The van der Waals surface area contributed by atoms with E-state index in [0.717, 1.165) is 26.1 Å². The first-order valence-corrected chi connectivity index (χ1v) is 6.84. The molecule has 0 aliphatic carbocycles. The van der Waals surface area contributed by atoms with E-state index in [4.69, 9.17) is 0 Å². The number of carbonyl (C=O) groups excluding carboxylic acids is 1. The van der Waals surface area contributed by atoms with Gasteiger partial charge in [0, 0.05) is 25.6 Å². The van der Waals surface area contributed by atoms with E-state index in [-0.39, 0.29) is 5.91 Å². The minimum absolute atomic E-state index is 0.265. The number of hydrogen-bond acceptors (Lipinski definition) is 2. The van der Waals surface area contributed by atoms with Crippen LogP contribution in [0.5, 0.6) is 0 Å². The molecule has 1 aromatic rings. The van der Waals surface area contributed by atoms with Crippen LogP contribution in [0.15, 0.2) is 30.3 Å². The molecule has 1 aromatic carbocycles. The molecule has 2 rings (SSSR count). The number of hydrogen-bond donors (Lipinski definition) is 1. The summed E-state index contributed by atoms with van der Waals surface area (Å²) in [5.41, 5.74) is 1.20. The summed E-state index contributed by atoms with van der Waals surface area (Å²) in [5, 5.41) is 3.38. The molecule has 18 heavy (non-hydrogen) atoms. The third-order valence-corrected chi connectivity index (χ3v) is 3.53. The highest BCUT2D eigenvalue weighted by atomic mass is 16.2. The quantitative estimate of drug-likeness (QED) is 0.863. The lowest BCUT2D eigenvalue weighted by atomic mass is 10.1. The minimum atomic E-state index is 0.265. The van der Waals surface area contributed by atoms with E-state index in [1.165, 1.54) is 12.0 Å². The standard InChI is InChI=1S/C15H22N2O/c1-2-17(12-13-7-4-3-5-8-13)15(18)11-14-9-6-10-16-14/h3-5,7-8,14,16H,2,6,9-12H2,1H3. The fourth-order valence-electron chi connectivity index (χ4n) is 2.45. The summed E-state index contributed by atoms with van der Waals surface area (Å²) in [5.74, 6) is 0.265. The Bertz CT molecular complexity index is 371. The van der Waals surface area contributed by atoms with Crippen molar-refractivity contribution in [3.63, 3.8) is 0 Å². The predicted octanol–water partition coefficient (Wildman–Crippen LogP) is 2.18. The second-order valence-corrected chi connectivity index (χ2v) is 4.89. The maximum atomic E-state index is 12.2. The van der Waals surface area contributed by atoms with Crippen LogP contribution in [-0.4, -0.2) is 29.9 Å². The van der Waals surface area contributed by atoms with Gasteiger partial charge in [-0.3, -0.25) is 4.79 Å². The van der Waals surface area contributed by atoms with E-state index < -0.39 is 0 Å². The second-order valence-electron chi connectivity index (χ2n) is 4.89. The van der Waals surface area contributed by atoms with Crippen molar-refractivity contribution < 1.29 is 4.79 Å². The van der Waals surface area contributed by atoms with E-state index in [1.54, 1.807) is 0 Å². The van der Waals surface area contributed by atoms with Crippen LogP contribution < -0.4 is 5.32 Å². The van der Waals surface area contributed by atoms with Gasteiger partial charge in [-0.05, 0) is 31.9 Å². The van der Waals surface area contributed by atoms with Gasteiger partial charge in [0.2, 0.25) is 5.91 Å². The molecular formula is C15H22N2O. The fourth-order valence-corrected chi connectivity index (χ4v) is 2.45. The average Bonchev–Trinajstić information content (AvgIpc) is 2.90. The third-order valence-electron chi connectivity index (χ3n) is 3.53. The Kier molecular flexibility index (Phi) is 4.76. The van der Waals surface area contributed by atoms with Crippen molar-refractivity contribution in [1.29, 1.82) is 0 Å². The molecule has 1 amide bonds. The molecule has 1 heterocycles. The highest BCUT2D eigenvalue weighted by Gasteiger charge is 2.20. The molecule has 1 aliphatic rings. The van der Waals surface area contributed by atoms with Crippen LogP contribution in [-0.2, 0) is 11.3 Å². The fraction of sp³-hybridized carbons (Fsp3) is 0.533. The van der Waals surface area contributed by atoms with E-state index in [9.17, 15) is 4.79 Å². The van der Waals surface area contributed by atoms with Gasteiger partial charge in [0.15, 0.2) is 0 Å². The largest absolute Gasteiger partial charge is 0.339 e. The molecule has 3 heteroatoms. The molecule has 0 radical (unpaired) electrons. The second kappa shape index (κ2) is 6.55. The van der Waals surface area contributed by atoms with Gasteiger partial charge in [0.25, 0.3) is 0 Å². The summed E-state index contributed by atoms with van der Waals surface area (Å²) in [7, 11) is 0. The summed E-state index contributed by atoms with van der Waals surface area (Å²) in [6.07, 6.45) is 2.97. The van der Waals surface area contributed by atoms with Gasteiger partial charge in [0.05, 0.1) is 0 Å². The zero-order valence-corrected chi connectivity index (χ0v) is 11.1. The van der Waals surface area contributed by atoms with E-state index in [1.807, 2.05) is 30.0 Å². The van der Waals surface area contributed by atoms with Crippen LogP contribution in [0.4, 0.5) is 0 Å². The van der Waals surface area contributed by atoms with Crippen molar-refractivity contribution in [2.45, 2.75) is 38.8 Å². The van der Waals surface area contributed by atoms with E-state index in [0.29, 0.717) is 12.5 Å². The molecule has 1 N–H and O–H groups in total. The first kappa shape index (κ1) is 13.1. The highest BCUT2D eigenvalue weighted by Crippen LogP contribution is 2.12. The molecule has 1 aliphatic heterocycles. The summed E-state index contributed by atoms with van der Waals surface area (Å²) in [4.78, 5) is 14.2. The van der Waals surface area contributed by atoms with Crippen LogP contribution in [0, 0.1) is 0 Å². The summed E-state index contributed by atoms with van der Waals surface area (Å²) < 4.78 is 0. The summed E-state index contributed by atoms with van der Waals surface area (Å²) >= 11 is 0. The number of rotatable bonds is 5. The molecule has 0 aromatic heterocycles. The Hall–Kier alpha value is -1.35. The van der Waals surface area contributed by atoms with Crippen LogP contribution in [0.1, 0.15) is 31.7 Å². The van der Waals surface area contributed by atoms with Crippen LogP contribution >= 0.6 is 0 Å². The van der Waals surface area contributed by atoms with Gasteiger partial charge in [-0.1, -0.05) is 30.3 Å². The maximum Gasteiger partial charge on any atom is 0.224 e. The molecule has 1 fully saturated rings.